The van der Waals surface area contributed by atoms with Crippen LogP contribution in [0.5, 0.6) is 11.5 Å². The first-order valence-corrected chi connectivity index (χ1v) is 18.1. The summed E-state index contributed by atoms with van der Waals surface area (Å²) in [7, 11) is 3.26. The van der Waals surface area contributed by atoms with E-state index in [9.17, 15) is 15.0 Å². The van der Waals surface area contributed by atoms with Gasteiger partial charge >= 0.3 is 0 Å². The van der Waals surface area contributed by atoms with Gasteiger partial charge in [-0.1, -0.05) is 57.1 Å². The summed E-state index contributed by atoms with van der Waals surface area (Å²) >= 11 is 0. The normalized spacial score (nSPS) is 40.3. The molecule has 0 saturated heterocycles. The number of hydrogen-bond acceptors (Lipinski definition) is 5. The minimum atomic E-state index is -0.934. The fourth-order valence-electron chi connectivity index (χ4n) is 11.7. The molecule has 2 bridgehead atoms. The van der Waals surface area contributed by atoms with Crippen LogP contribution in [-0.4, -0.2) is 60.0 Å². The molecular weight excluding hydrogens is 574 g/mol. The molecule has 7 aliphatic carbocycles. The number of carbonyl (C=O) groups excluding carboxylic acids is 1. The fraction of sp³-hybridized carbons (Fsp3) is 0.725. The van der Waals surface area contributed by atoms with Crippen molar-refractivity contribution in [1.82, 2.24) is 4.90 Å². The number of carbonyl (C=O) groups is 1. The van der Waals surface area contributed by atoms with E-state index in [1.807, 2.05) is 18.2 Å². The summed E-state index contributed by atoms with van der Waals surface area (Å²) in [5, 5.41) is 23.2. The van der Waals surface area contributed by atoms with Crippen molar-refractivity contribution in [1.29, 1.82) is 0 Å². The smallest absolute Gasteiger partial charge is 0.227 e. The largest absolute Gasteiger partial charge is 0.493 e. The molecule has 1 aromatic rings. The molecule has 46 heavy (non-hydrogen) atoms. The molecule has 0 aliphatic heterocycles. The molecule has 7 aliphatic rings. The lowest BCUT2D eigenvalue weighted by atomic mass is 9.45. The summed E-state index contributed by atoms with van der Waals surface area (Å²) in [5.74, 6) is 4.12. The van der Waals surface area contributed by atoms with Crippen molar-refractivity contribution < 1.29 is 24.5 Å². The molecule has 6 fully saturated rings. The third kappa shape index (κ3) is 4.90. The van der Waals surface area contributed by atoms with Crippen LogP contribution in [0.3, 0.4) is 0 Å². The van der Waals surface area contributed by atoms with Gasteiger partial charge in [0, 0.05) is 18.5 Å². The number of nitrogens with zero attached hydrogens (tertiary/aromatic N) is 1. The van der Waals surface area contributed by atoms with E-state index in [0.717, 1.165) is 63.0 Å². The van der Waals surface area contributed by atoms with Gasteiger partial charge in [-0.15, -0.1) is 0 Å². The highest BCUT2D eigenvalue weighted by Gasteiger charge is 2.63. The summed E-state index contributed by atoms with van der Waals surface area (Å²) in [6.07, 6.45) is 14.9. The minimum Gasteiger partial charge on any atom is -0.493 e. The zero-order valence-electron chi connectivity index (χ0n) is 29.1. The Bertz CT molecular complexity index is 1430. The molecule has 9 atom stereocenters. The van der Waals surface area contributed by atoms with Crippen LogP contribution in [0, 0.1) is 45.8 Å². The molecule has 0 spiro atoms. The van der Waals surface area contributed by atoms with E-state index in [2.05, 4.69) is 44.7 Å². The van der Waals surface area contributed by atoms with Crippen LogP contribution in [-0.2, 0) is 11.2 Å². The first-order valence-electron chi connectivity index (χ1n) is 18.1. The van der Waals surface area contributed by atoms with Gasteiger partial charge in [0.2, 0.25) is 5.91 Å². The molecule has 0 aromatic heterocycles. The topological polar surface area (TPSA) is 79.2 Å². The SMILES string of the molecule is COc1ccc(CC(=O)N(CC2CCC3CC2C3(C)C)CC2(O)CCC3C4=CC=C5CC(O)CCC5(C)C4CCC32C)cc1OC. The van der Waals surface area contributed by atoms with Crippen molar-refractivity contribution in [2.45, 2.75) is 110 Å². The lowest BCUT2D eigenvalue weighted by Crippen LogP contribution is -2.59. The van der Waals surface area contributed by atoms with Crippen LogP contribution < -0.4 is 9.47 Å². The Morgan fingerprint density at radius 1 is 0.935 bits per heavy atom. The maximum atomic E-state index is 14.4. The Labute approximate surface area is 276 Å². The lowest BCUT2D eigenvalue weighted by molar-refractivity contribution is -0.151. The molecule has 1 aromatic carbocycles. The second kappa shape index (κ2) is 11.4. The molecule has 9 unspecified atom stereocenters. The number of benzene rings is 1. The summed E-state index contributed by atoms with van der Waals surface area (Å²) in [4.78, 5) is 16.4. The van der Waals surface area contributed by atoms with Gasteiger partial charge in [0.1, 0.15) is 0 Å². The zero-order valence-corrected chi connectivity index (χ0v) is 29.1. The number of ether oxygens (including phenoxy) is 2. The number of fused-ring (bicyclic) bond motifs is 7. The van der Waals surface area contributed by atoms with Gasteiger partial charge in [-0.25, -0.2) is 0 Å². The Balaban J connectivity index is 1.16. The number of methoxy groups -OCH3 is 2. The standard InChI is InChI=1S/C40H57NO5/c1-37(2)27-9-8-26(33(37)22-27)23-41(36(43)20-25-7-12-34(45-5)35(19-25)46-6)24-40(44)18-15-32-30-11-10-28-21-29(42)13-16-38(28,3)31(30)14-17-39(32,40)4/h7,10-12,19,26-27,29,31-33,42,44H,8-9,13-18,20-24H2,1-6H3. The molecule has 6 saturated carbocycles. The van der Waals surface area contributed by atoms with Gasteiger partial charge in [0.25, 0.3) is 0 Å². The van der Waals surface area contributed by atoms with Crippen LogP contribution in [0.4, 0.5) is 0 Å². The average Bonchev–Trinajstić information content (AvgIpc) is 3.30. The first-order chi connectivity index (χ1) is 21.8. The van der Waals surface area contributed by atoms with Crippen LogP contribution in [0.2, 0.25) is 0 Å². The predicted molar refractivity (Wildman–Crippen MR) is 181 cm³/mol. The van der Waals surface area contributed by atoms with Crippen LogP contribution in [0.1, 0.15) is 97.5 Å². The highest BCUT2D eigenvalue weighted by molar-refractivity contribution is 5.79. The second-order valence-corrected chi connectivity index (χ2v) is 17.1. The molecule has 252 valence electrons. The Morgan fingerprint density at radius 2 is 1.70 bits per heavy atom. The monoisotopic (exact) mass is 631 g/mol. The molecule has 0 radical (unpaired) electrons. The Morgan fingerprint density at radius 3 is 2.41 bits per heavy atom. The van der Waals surface area contributed by atoms with E-state index < -0.39 is 5.60 Å². The van der Waals surface area contributed by atoms with Crippen molar-refractivity contribution in [3.8, 4) is 11.5 Å². The molecular formula is C40H57NO5. The molecule has 6 nitrogen and oxygen atoms in total. The number of amides is 1. The minimum absolute atomic E-state index is 0.0957. The molecule has 0 heterocycles. The number of aliphatic hydroxyl groups is 2. The highest BCUT2D eigenvalue weighted by Crippen LogP contribution is 2.66. The fourth-order valence-corrected chi connectivity index (χ4v) is 11.7. The number of allylic oxidation sites excluding steroid dienone is 3. The van der Waals surface area contributed by atoms with Crippen molar-refractivity contribution in [3.05, 3.63) is 47.1 Å². The van der Waals surface area contributed by atoms with E-state index in [-0.39, 0.29) is 29.3 Å². The van der Waals surface area contributed by atoms with Crippen LogP contribution >= 0.6 is 0 Å². The summed E-state index contributed by atoms with van der Waals surface area (Å²) in [6, 6.07) is 5.76. The quantitative estimate of drug-likeness (QED) is 0.319. The Hall–Kier alpha value is -2.31. The van der Waals surface area contributed by atoms with E-state index in [1.54, 1.807) is 14.2 Å². The molecule has 1 amide bonds. The van der Waals surface area contributed by atoms with Crippen molar-refractivity contribution in [3.63, 3.8) is 0 Å². The zero-order chi connectivity index (χ0) is 32.6. The summed E-state index contributed by atoms with van der Waals surface area (Å²) in [5.41, 5.74) is 3.08. The van der Waals surface area contributed by atoms with Gasteiger partial charge in [0.05, 0.1) is 32.3 Å². The second-order valence-electron chi connectivity index (χ2n) is 17.1. The lowest BCUT2D eigenvalue weighted by Gasteiger charge is -2.61. The van der Waals surface area contributed by atoms with E-state index in [1.165, 1.54) is 30.4 Å². The van der Waals surface area contributed by atoms with Gasteiger partial charge in [-0.05, 0) is 122 Å². The number of rotatable bonds is 8. The van der Waals surface area contributed by atoms with Gasteiger partial charge in [0.15, 0.2) is 11.5 Å². The first kappa shape index (κ1) is 32.2. The third-order valence-electron chi connectivity index (χ3n) is 14.9. The number of aliphatic hydroxyl groups excluding tert-OH is 1. The van der Waals surface area contributed by atoms with Crippen molar-refractivity contribution in [2.24, 2.45) is 45.8 Å². The molecule has 2 N–H and O–H groups in total. The predicted octanol–water partition coefficient (Wildman–Crippen LogP) is 7.12. The molecule has 6 heteroatoms. The van der Waals surface area contributed by atoms with Crippen LogP contribution in [0.15, 0.2) is 41.5 Å². The van der Waals surface area contributed by atoms with Gasteiger partial charge in [-0.2, -0.15) is 0 Å². The number of hydrogen-bond donors (Lipinski definition) is 2. The Kier molecular flexibility index (Phi) is 7.99. The maximum absolute atomic E-state index is 14.4. The van der Waals surface area contributed by atoms with Crippen molar-refractivity contribution >= 4 is 5.91 Å². The maximum Gasteiger partial charge on any atom is 0.227 e. The van der Waals surface area contributed by atoms with E-state index in [0.29, 0.717) is 47.1 Å². The van der Waals surface area contributed by atoms with E-state index >= 15 is 0 Å². The van der Waals surface area contributed by atoms with E-state index in [4.69, 9.17) is 9.47 Å². The average molecular weight is 632 g/mol. The van der Waals surface area contributed by atoms with Crippen molar-refractivity contribution in [2.75, 3.05) is 27.3 Å². The van der Waals surface area contributed by atoms with Gasteiger partial charge < -0.3 is 24.6 Å². The van der Waals surface area contributed by atoms with Crippen LogP contribution in [0.25, 0.3) is 0 Å². The third-order valence-corrected chi connectivity index (χ3v) is 14.9. The summed E-state index contributed by atoms with van der Waals surface area (Å²) in [6.45, 7) is 10.7. The molecule has 8 rings (SSSR count). The highest BCUT2D eigenvalue weighted by atomic mass is 16.5. The van der Waals surface area contributed by atoms with Gasteiger partial charge in [-0.3, -0.25) is 4.79 Å². The summed E-state index contributed by atoms with van der Waals surface area (Å²) < 4.78 is 11.0.